The minimum atomic E-state index is -1.04. The molecule has 2 aromatic rings. The molecule has 0 spiro atoms. The highest BCUT2D eigenvalue weighted by molar-refractivity contribution is 5.90. The van der Waals surface area contributed by atoms with Crippen LogP contribution in [0.2, 0.25) is 0 Å². The van der Waals surface area contributed by atoms with Crippen molar-refractivity contribution in [2.24, 2.45) is 0 Å². The molecule has 1 saturated carbocycles. The van der Waals surface area contributed by atoms with Gasteiger partial charge in [-0.3, -0.25) is 0 Å². The Labute approximate surface area is 133 Å². The van der Waals surface area contributed by atoms with Gasteiger partial charge in [-0.1, -0.05) is 19.3 Å². The molecule has 1 aliphatic carbocycles. The molecular formula is C16H17N5O2. The lowest BCUT2D eigenvalue weighted by Gasteiger charge is -2.33. The fourth-order valence-electron chi connectivity index (χ4n) is 3.88. The highest BCUT2D eigenvalue weighted by atomic mass is 16.4. The molecule has 0 bridgehead atoms. The number of nitrogens with zero attached hydrogens (tertiary/aromatic N) is 5. The van der Waals surface area contributed by atoms with E-state index in [0.29, 0.717) is 23.7 Å². The third kappa shape index (κ3) is 2.05. The van der Waals surface area contributed by atoms with Crippen LogP contribution in [-0.2, 0) is 6.42 Å². The summed E-state index contributed by atoms with van der Waals surface area (Å²) in [6, 6.07) is 2.47. The lowest BCUT2D eigenvalue weighted by atomic mass is 9.94. The van der Waals surface area contributed by atoms with E-state index >= 15 is 0 Å². The van der Waals surface area contributed by atoms with Gasteiger partial charge in [0, 0.05) is 18.2 Å². The van der Waals surface area contributed by atoms with E-state index < -0.39 is 5.97 Å². The lowest BCUT2D eigenvalue weighted by molar-refractivity contribution is 0.0689. The Morgan fingerprint density at radius 1 is 1.35 bits per heavy atom. The first-order valence-electron chi connectivity index (χ1n) is 8.01. The van der Waals surface area contributed by atoms with Crippen molar-refractivity contribution in [1.82, 2.24) is 14.6 Å². The summed E-state index contributed by atoms with van der Waals surface area (Å²) in [5.41, 5.74) is 1.45. The van der Waals surface area contributed by atoms with Crippen LogP contribution in [0.15, 0.2) is 6.20 Å². The van der Waals surface area contributed by atoms with E-state index in [1.165, 1.54) is 25.5 Å². The van der Waals surface area contributed by atoms with Crippen molar-refractivity contribution in [3.63, 3.8) is 0 Å². The molecule has 7 nitrogen and oxygen atoms in total. The highest BCUT2D eigenvalue weighted by Gasteiger charge is 2.34. The van der Waals surface area contributed by atoms with E-state index in [-0.39, 0.29) is 5.69 Å². The lowest BCUT2D eigenvalue weighted by Crippen LogP contribution is -2.36. The number of anilines is 1. The summed E-state index contributed by atoms with van der Waals surface area (Å²) in [5.74, 6) is -0.222. The van der Waals surface area contributed by atoms with Gasteiger partial charge in [-0.2, -0.15) is 14.9 Å². The molecule has 118 valence electrons. The fourth-order valence-corrected chi connectivity index (χ4v) is 3.88. The van der Waals surface area contributed by atoms with Crippen molar-refractivity contribution in [1.29, 1.82) is 5.26 Å². The number of carbonyl (C=O) groups is 1. The van der Waals surface area contributed by atoms with Gasteiger partial charge < -0.3 is 10.0 Å². The Morgan fingerprint density at radius 3 is 2.83 bits per heavy atom. The van der Waals surface area contributed by atoms with Gasteiger partial charge in [-0.15, -0.1) is 0 Å². The number of hydrogen-bond acceptors (Lipinski definition) is 5. The Kier molecular flexibility index (Phi) is 3.18. The SMILES string of the molecule is N#Cc1cnn2c3c(c(C(=O)O)nc12)CCN3C1CCCCC1. The van der Waals surface area contributed by atoms with Crippen molar-refractivity contribution in [2.45, 2.75) is 44.6 Å². The Morgan fingerprint density at radius 2 is 2.13 bits per heavy atom. The monoisotopic (exact) mass is 311 g/mol. The average Bonchev–Trinajstić information content (AvgIpc) is 3.18. The topological polar surface area (TPSA) is 94.5 Å². The minimum Gasteiger partial charge on any atom is -0.476 e. The van der Waals surface area contributed by atoms with Gasteiger partial charge >= 0.3 is 5.97 Å². The van der Waals surface area contributed by atoms with E-state index in [1.54, 1.807) is 4.52 Å². The third-order valence-corrected chi connectivity index (χ3v) is 4.93. The molecule has 0 amide bonds. The Bertz CT molecular complexity index is 829. The van der Waals surface area contributed by atoms with Crippen molar-refractivity contribution in [3.05, 3.63) is 23.0 Å². The molecule has 1 N–H and O–H groups in total. The van der Waals surface area contributed by atoms with Crippen LogP contribution in [0.1, 0.15) is 53.7 Å². The number of hydrogen-bond donors (Lipinski definition) is 1. The molecule has 0 saturated heterocycles. The van der Waals surface area contributed by atoms with Gasteiger partial charge in [0.05, 0.1) is 6.20 Å². The number of rotatable bonds is 2. The predicted octanol–water partition coefficient (Wildman–Crippen LogP) is 1.99. The molecule has 23 heavy (non-hydrogen) atoms. The average molecular weight is 311 g/mol. The number of fused-ring (bicyclic) bond motifs is 3. The summed E-state index contributed by atoms with van der Waals surface area (Å²) in [4.78, 5) is 18.1. The maximum absolute atomic E-state index is 11.6. The first-order valence-corrected chi connectivity index (χ1v) is 8.01. The van der Waals surface area contributed by atoms with Crippen molar-refractivity contribution < 1.29 is 9.90 Å². The van der Waals surface area contributed by atoms with E-state index in [4.69, 9.17) is 0 Å². The van der Waals surface area contributed by atoms with Gasteiger partial charge in [0.1, 0.15) is 17.5 Å². The summed E-state index contributed by atoms with van der Waals surface area (Å²) < 4.78 is 1.65. The first-order chi connectivity index (χ1) is 11.2. The van der Waals surface area contributed by atoms with E-state index in [9.17, 15) is 15.2 Å². The second-order valence-corrected chi connectivity index (χ2v) is 6.21. The molecule has 0 aromatic carbocycles. The van der Waals surface area contributed by atoms with E-state index in [2.05, 4.69) is 15.0 Å². The quantitative estimate of drug-likeness (QED) is 0.911. The third-order valence-electron chi connectivity index (χ3n) is 4.93. The van der Waals surface area contributed by atoms with Crippen LogP contribution in [0.4, 0.5) is 5.82 Å². The molecule has 0 unspecified atom stereocenters. The van der Waals surface area contributed by atoms with Gasteiger partial charge in [-0.05, 0) is 19.3 Å². The van der Waals surface area contributed by atoms with Crippen LogP contribution in [0.25, 0.3) is 5.65 Å². The summed E-state index contributed by atoms with van der Waals surface area (Å²) in [7, 11) is 0. The van der Waals surface area contributed by atoms with E-state index in [0.717, 1.165) is 30.8 Å². The number of nitriles is 1. The second-order valence-electron chi connectivity index (χ2n) is 6.21. The second kappa shape index (κ2) is 5.23. The van der Waals surface area contributed by atoms with Gasteiger partial charge in [0.2, 0.25) is 0 Å². The minimum absolute atomic E-state index is 0.0582. The number of aromatic nitrogens is 3. The zero-order valence-electron chi connectivity index (χ0n) is 12.7. The molecule has 2 aliphatic rings. The summed E-state index contributed by atoms with van der Waals surface area (Å²) >= 11 is 0. The molecule has 2 aromatic heterocycles. The normalized spacial score (nSPS) is 18.1. The predicted molar refractivity (Wildman–Crippen MR) is 82.6 cm³/mol. The number of aromatic carboxylic acids is 1. The van der Waals surface area contributed by atoms with Gasteiger partial charge in [0.15, 0.2) is 11.3 Å². The Hall–Kier alpha value is -2.62. The maximum atomic E-state index is 11.6. The van der Waals surface area contributed by atoms with Crippen LogP contribution in [-0.4, -0.2) is 38.3 Å². The van der Waals surface area contributed by atoms with Crippen molar-refractivity contribution >= 4 is 17.4 Å². The van der Waals surface area contributed by atoms with Crippen molar-refractivity contribution in [2.75, 3.05) is 11.4 Å². The number of carboxylic acid groups (broad SMARTS) is 1. The molecule has 3 heterocycles. The van der Waals surface area contributed by atoms with E-state index in [1.807, 2.05) is 6.07 Å². The molecule has 4 rings (SSSR count). The van der Waals surface area contributed by atoms with Crippen LogP contribution >= 0.6 is 0 Å². The summed E-state index contributed by atoms with van der Waals surface area (Å²) in [6.07, 6.45) is 8.06. The van der Waals surface area contributed by atoms with Crippen LogP contribution in [0.3, 0.4) is 0 Å². The van der Waals surface area contributed by atoms with Crippen molar-refractivity contribution in [3.8, 4) is 6.07 Å². The molecule has 7 heteroatoms. The smallest absolute Gasteiger partial charge is 0.355 e. The zero-order chi connectivity index (χ0) is 16.0. The zero-order valence-corrected chi connectivity index (χ0v) is 12.7. The van der Waals surface area contributed by atoms with Gasteiger partial charge in [-0.25, -0.2) is 9.78 Å². The highest BCUT2D eigenvalue weighted by Crippen LogP contribution is 2.36. The fraction of sp³-hybridized carbons (Fsp3) is 0.500. The summed E-state index contributed by atoms with van der Waals surface area (Å²) in [5, 5.41) is 23.0. The maximum Gasteiger partial charge on any atom is 0.355 e. The molecular weight excluding hydrogens is 294 g/mol. The number of carboxylic acids is 1. The summed E-state index contributed by atoms with van der Waals surface area (Å²) in [6.45, 7) is 0.794. The van der Waals surface area contributed by atoms with Crippen LogP contribution in [0, 0.1) is 11.3 Å². The van der Waals surface area contributed by atoms with Gasteiger partial charge in [0.25, 0.3) is 0 Å². The molecule has 0 atom stereocenters. The standard InChI is InChI=1S/C16H17N5O2/c17-8-10-9-18-21-14(10)19-13(16(22)23)12-6-7-20(15(12)21)11-4-2-1-3-5-11/h9,11H,1-7H2,(H,22,23). The van der Waals surface area contributed by atoms with Crippen LogP contribution in [0.5, 0.6) is 0 Å². The van der Waals surface area contributed by atoms with Crippen LogP contribution < -0.4 is 4.90 Å². The molecule has 1 fully saturated rings. The first kappa shape index (κ1) is 14.0. The Balaban J connectivity index is 1.92. The largest absolute Gasteiger partial charge is 0.476 e. The molecule has 0 radical (unpaired) electrons. The molecule has 1 aliphatic heterocycles.